The molecule has 0 aliphatic heterocycles. The van der Waals surface area contributed by atoms with Crippen LogP contribution in [0.5, 0.6) is 23.0 Å². The minimum atomic E-state index is -0.556. The molecule has 0 amide bonds. The first-order chi connectivity index (χ1) is 14.4. The Kier molecular flexibility index (Phi) is 6.06. The van der Waals surface area contributed by atoms with E-state index in [1.54, 1.807) is 64.8 Å². The summed E-state index contributed by atoms with van der Waals surface area (Å²) in [6.07, 6.45) is 0. The van der Waals surface area contributed by atoms with Crippen molar-refractivity contribution in [2.24, 2.45) is 0 Å². The molecular weight excluding hydrogens is 388 g/mol. The number of hydrogen-bond donors (Lipinski definition) is 2. The molecule has 3 N–H and O–H groups in total. The molecule has 1 heterocycles. The first-order valence-electron chi connectivity index (χ1n) is 9.02. The Labute approximate surface area is 174 Å². The van der Waals surface area contributed by atoms with E-state index in [0.717, 1.165) is 0 Å². The van der Waals surface area contributed by atoms with Crippen molar-refractivity contribution in [2.75, 3.05) is 41.3 Å². The Morgan fingerprint density at radius 2 is 1.17 bits per heavy atom. The number of methoxy groups -OCH3 is 5. The van der Waals surface area contributed by atoms with Gasteiger partial charge >= 0.3 is 5.97 Å². The van der Waals surface area contributed by atoms with Gasteiger partial charge in [-0.1, -0.05) is 0 Å². The molecule has 0 spiro atoms. The van der Waals surface area contributed by atoms with Crippen LogP contribution in [0.4, 0.5) is 5.69 Å². The van der Waals surface area contributed by atoms with Crippen LogP contribution in [-0.2, 0) is 4.74 Å². The highest BCUT2D eigenvalue weighted by Crippen LogP contribution is 2.42. The van der Waals surface area contributed by atoms with Crippen LogP contribution in [0.2, 0.25) is 0 Å². The van der Waals surface area contributed by atoms with Crippen LogP contribution in [0.15, 0.2) is 36.4 Å². The summed E-state index contributed by atoms with van der Waals surface area (Å²) in [5, 5.41) is 0. The van der Waals surface area contributed by atoms with Crippen molar-refractivity contribution in [3.63, 3.8) is 0 Å². The van der Waals surface area contributed by atoms with Crippen molar-refractivity contribution < 1.29 is 28.5 Å². The molecule has 0 fully saturated rings. The predicted molar refractivity (Wildman–Crippen MR) is 114 cm³/mol. The molecule has 8 nitrogen and oxygen atoms in total. The number of H-pyrrole nitrogens is 1. The van der Waals surface area contributed by atoms with Gasteiger partial charge in [0.05, 0.1) is 46.9 Å². The van der Waals surface area contributed by atoms with Crippen LogP contribution >= 0.6 is 0 Å². The minimum absolute atomic E-state index is 0.210. The monoisotopic (exact) mass is 412 g/mol. The van der Waals surface area contributed by atoms with Crippen LogP contribution in [0, 0.1) is 0 Å². The third-order valence-corrected chi connectivity index (χ3v) is 4.71. The molecule has 0 atom stereocenters. The standard InChI is InChI=1S/C22H24N2O6/c1-26-14-6-12(7-15(10-14)27-2)18-19(23)20(24-21(18)22(25)30-5)13-8-16(28-3)11-17(9-13)29-4/h6-11,24H,23H2,1-5H3. The number of ether oxygens (including phenoxy) is 5. The summed E-state index contributed by atoms with van der Waals surface area (Å²) in [7, 11) is 7.53. The normalized spacial score (nSPS) is 10.4. The molecular formula is C22H24N2O6. The van der Waals surface area contributed by atoms with Crippen molar-refractivity contribution >= 4 is 11.7 Å². The van der Waals surface area contributed by atoms with E-state index in [0.29, 0.717) is 51.1 Å². The average Bonchev–Trinajstić information content (AvgIpc) is 3.14. The summed E-state index contributed by atoms with van der Waals surface area (Å²) < 4.78 is 26.4. The van der Waals surface area contributed by atoms with E-state index in [1.807, 2.05) is 0 Å². The van der Waals surface area contributed by atoms with Crippen LogP contribution in [-0.4, -0.2) is 46.5 Å². The number of carbonyl (C=O) groups is 1. The molecule has 0 aliphatic carbocycles. The SMILES string of the molecule is COC(=O)c1[nH]c(-c2cc(OC)cc(OC)c2)c(N)c1-c1cc(OC)cc(OC)c1. The van der Waals surface area contributed by atoms with E-state index >= 15 is 0 Å². The average molecular weight is 412 g/mol. The number of hydrogen-bond acceptors (Lipinski definition) is 7. The number of nitrogens with one attached hydrogen (secondary N) is 1. The molecule has 0 bridgehead atoms. The fraction of sp³-hybridized carbons (Fsp3) is 0.227. The minimum Gasteiger partial charge on any atom is -0.497 e. The van der Waals surface area contributed by atoms with E-state index in [1.165, 1.54) is 7.11 Å². The molecule has 0 radical (unpaired) electrons. The second-order valence-corrected chi connectivity index (χ2v) is 6.36. The summed E-state index contributed by atoms with van der Waals surface area (Å²) in [5.74, 6) is 1.74. The van der Waals surface area contributed by atoms with Crippen LogP contribution in [0.25, 0.3) is 22.4 Å². The van der Waals surface area contributed by atoms with Gasteiger partial charge in [0.15, 0.2) is 0 Å². The first-order valence-corrected chi connectivity index (χ1v) is 9.02. The number of esters is 1. The molecule has 0 aliphatic rings. The number of benzene rings is 2. The highest BCUT2D eigenvalue weighted by Gasteiger charge is 2.24. The van der Waals surface area contributed by atoms with Crippen molar-refractivity contribution in [3.05, 3.63) is 42.1 Å². The number of anilines is 1. The molecule has 30 heavy (non-hydrogen) atoms. The number of aromatic amines is 1. The Hall–Kier alpha value is -3.81. The maximum absolute atomic E-state index is 12.5. The lowest BCUT2D eigenvalue weighted by atomic mass is 10.0. The Balaban J connectivity index is 2.28. The lowest BCUT2D eigenvalue weighted by Gasteiger charge is -2.10. The Bertz CT molecular complexity index is 1030. The maximum atomic E-state index is 12.5. The van der Waals surface area contributed by atoms with Crippen LogP contribution < -0.4 is 24.7 Å². The van der Waals surface area contributed by atoms with E-state index in [9.17, 15) is 4.79 Å². The van der Waals surface area contributed by atoms with Gasteiger partial charge in [-0.15, -0.1) is 0 Å². The number of nitrogens with two attached hydrogens (primary N) is 1. The van der Waals surface area contributed by atoms with Gasteiger partial charge in [0, 0.05) is 23.3 Å². The summed E-state index contributed by atoms with van der Waals surface area (Å²) in [4.78, 5) is 15.6. The van der Waals surface area contributed by atoms with Gasteiger partial charge in [-0.05, 0) is 29.8 Å². The molecule has 0 saturated carbocycles. The lowest BCUT2D eigenvalue weighted by molar-refractivity contribution is 0.0596. The number of nitrogen functional groups attached to an aromatic ring is 1. The van der Waals surface area contributed by atoms with Gasteiger partial charge in [0.25, 0.3) is 0 Å². The van der Waals surface area contributed by atoms with Crippen LogP contribution in [0.1, 0.15) is 10.5 Å². The van der Waals surface area contributed by atoms with E-state index in [2.05, 4.69) is 4.98 Å². The number of aromatic nitrogens is 1. The molecule has 0 saturated heterocycles. The largest absolute Gasteiger partial charge is 0.497 e. The van der Waals surface area contributed by atoms with Crippen molar-refractivity contribution in [1.29, 1.82) is 0 Å². The fourth-order valence-corrected chi connectivity index (χ4v) is 3.20. The zero-order valence-corrected chi connectivity index (χ0v) is 17.5. The van der Waals surface area contributed by atoms with Crippen molar-refractivity contribution in [3.8, 4) is 45.4 Å². The van der Waals surface area contributed by atoms with Gasteiger partial charge in [-0.2, -0.15) is 0 Å². The third kappa shape index (κ3) is 3.84. The van der Waals surface area contributed by atoms with Crippen LogP contribution in [0.3, 0.4) is 0 Å². The summed E-state index contributed by atoms with van der Waals surface area (Å²) in [6, 6.07) is 10.6. The second-order valence-electron chi connectivity index (χ2n) is 6.36. The molecule has 8 heteroatoms. The highest BCUT2D eigenvalue weighted by molar-refractivity contribution is 6.04. The summed E-state index contributed by atoms with van der Waals surface area (Å²) in [5.41, 5.74) is 9.44. The van der Waals surface area contributed by atoms with E-state index < -0.39 is 5.97 Å². The number of carbonyl (C=O) groups excluding carboxylic acids is 1. The smallest absolute Gasteiger partial charge is 0.355 e. The molecule has 0 unspecified atom stereocenters. The van der Waals surface area contributed by atoms with E-state index in [-0.39, 0.29) is 5.69 Å². The molecule has 3 rings (SSSR count). The maximum Gasteiger partial charge on any atom is 0.355 e. The van der Waals surface area contributed by atoms with Crippen molar-refractivity contribution in [2.45, 2.75) is 0 Å². The first kappa shape index (κ1) is 20.9. The lowest BCUT2D eigenvalue weighted by Crippen LogP contribution is -2.04. The van der Waals surface area contributed by atoms with Gasteiger partial charge < -0.3 is 34.4 Å². The molecule has 2 aromatic carbocycles. The molecule has 158 valence electrons. The summed E-state index contributed by atoms with van der Waals surface area (Å²) >= 11 is 0. The topological polar surface area (TPSA) is 105 Å². The van der Waals surface area contributed by atoms with Gasteiger partial charge in [0.1, 0.15) is 28.7 Å². The fourth-order valence-electron chi connectivity index (χ4n) is 3.20. The Morgan fingerprint density at radius 1 is 0.733 bits per heavy atom. The number of rotatable bonds is 7. The quantitative estimate of drug-likeness (QED) is 0.569. The van der Waals surface area contributed by atoms with Crippen molar-refractivity contribution in [1.82, 2.24) is 4.98 Å². The molecule has 1 aromatic heterocycles. The second kappa shape index (κ2) is 8.69. The Morgan fingerprint density at radius 3 is 1.57 bits per heavy atom. The highest BCUT2D eigenvalue weighted by atomic mass is 16.5. The summed E-state index contributed by atoms with van der Waals surface area (Å²) in [6.45, 7) is 0. The third-order valence-electron chi connectivity index (χ3n) is 4.71. The van der Waals surface area contributed by atoms with E-state index in [4.69, 9.17) is 29.4 Å². The predicted octanol–water partition coefficient (Wildman–Crippen LogP) is 3.75. The van der Waals surface area contributed by atoms with Gasteiger partial charge in [-0.25, -0.2) is 4.79 Å². The zero-order chi connectivity index (χ0) is 21.8. The zero-order valence-electron chi connectivity index (χ0n) is 17.5. The van der Waals surface area contributed by atoms with Gasteiger partial charge in [-0.3, -0.25) is 0 Å². The van der Waals surface area contributed by atoms with Gasteiger partial charge in [0.2, 0.25) is 0 Å². The molecule has 3 aromatic rings.